The molecule has 2 aromatic rings. The predicted molar refractivity (Wildman–Crippen MR) is 52.6 cm³/mol. The molecule has 0 unspecified atom stereocenters. The average Bonchev–Trinajstić information content (AvgIpc) is 2.67. The van der Waals surface area contributed by atoms with Gasteiger partial charge in [-0.05, 0) is 31.0 Å². The van der Waals surface area contributed by atoms with E-state index >= 15 is 0 Å². The lowest BCUT2D eigenvalue weighted by molar-refractivity contribution is 0.880. The standard InChI is InChI=1S/C11H11N2/c1-2-10-8-12-13(9-10)11-6-4-3-5-7-11/h3-9H,1-2H2. The highest BCUT2D eigenvalue weighted by atomic mass is 15.3. The summed E-state index contributed by atoms with van der Waals surface area (Å²) < 4.78 is 1.86. The molecule has 1 aromatic carbocycles. The van der Waals surface area contributed by atoms with Crippen molar-refractivity contribution in [3.63, 3.8) is 0 Å². The van der Waals surface area contributed by atoms with Gasteiger partial charge in [0.05, 0.1) is 11.9 Å². The van der Waals surface area contributed by atoms with Gasteiger partial charge in [0.1, 0.15) is 0 Å². The average molecular weight is 171 g/mol. The van der Waals surface area contributed by atoms with Crippen LogP contribution in [0, 0.1) is 6.92 Å². The van der Waals surface area contributed by atoms with Gasteiger partial charge in [0.25, 0.3) is 0 Å². The van der Waals surface area contributed by atoms with Crippen molar-refractivity contribution in [3.05, 3.63) is 55.2 Å². The van der Waals surface area contributed by atoms with E-state index in [1.807, 2.05) is 47.4 Å². The normalized spacial score (nSPS) is 10.2. The maximum Gasteiger partial charge on any atom is 0.0645 e. The van der Waals surface area contributed by atoms with Crippen LogP contribution in [-0.2, 0) is 6.42 Å². The number of rotatable bonds is 2. The van der Waals surface area contributed by atoms with Crippen LogP contribution in [0.15, 0.2) is 42.7 Å². The first-order valence-electron chi connectivity index (χ1n) is 4.28. The second kappa shape index (κ2) is 3.44. The lowest BCUT2D eigenvalue weighted by Crippen LogP contribution is -1.92. The molecule has 2 heteroatoms. The lowest BCUT2D eigenvalue weighted by atomic mass is 10.3. The summed E-state index contributed by atoms with van der Waals surface area (Å²) in [5.41, 5.74) is 2.24. The number of para-hydroxylation sites is 1. The summed E-state index contributed by atoms with van der Waals surface area (Å²) in [7, 11) is 0. The van der Waals surface area contributed by atoms with E-state index < -0.39 is 0 Å². The molecule has 65 valence electrons. The molecule has 0 saturated heterocycles. The topological polar surface area (TPSA) is 17.8 Å². The van der Waals surface area contributed by atoms with Crippen molar-refractivity contribution in [1.29, 1.82) is 0 Å². The van der Waals surface area contributed by atoms with E-state index in [1.54, 1.807) is 0 Å². The Bertz CT molecular complexity index is 376. The smallest absolute Gasteiger partial charge is 0.0645 e. The summed E-state index contributed by atoms with van der Waals surface area (Å²) in [5, 5.41) is 4.23. The summed E-state index contributed by atoms with van der Waals surface area (Å²) in [6, 6.07) is 10.1. The van der Waals surface area contributed by atoms with Crippen LogP contribution < -0.4 is 0 Å². The van der Waals surface area contributed by atoms with Crippen LogP contribution >= 0.6 is 0 Å². The Morgan fingerprint density at radius 3 is 2.62 bits per heavy atom. The van der Waals surface area contributed by atoms with Gasteiger partial charge in [0.15, 0.2) is 0 Å². The van der Waals surface area contributed by atoms with Crippen molar-refractivity contribution in [2.75, 3.05) is 0 Å². The van der Waals surface area contributed by atoms with Gasteiger partial charge in [-0.15, -0.1) is 0 Å². The molecule has 1 radical (unpaired) electrons. The Balaban J connectivity index is 2.36. The first-order chi connectivity index (χ1) is 6.40. The molecule has 0 amide bonds. The van der Waals surface area contributed by atoms with Crippen LogP contribution in [0.1, 0.15) is 5.56 Å². The highest BCUT2D eigenvalue weighted by molar-refractivity contribution is 5.30. The first-order valence-corrected chi connectivity index (χ1v) is 4.28. The third-order valence-corrected chi connectivity index (χ3v) is 1.95. The molecule has 0 N–H and O–H groups in total. The first kappa shape index (κ1) is 8.05. The Hall–Kier alpha value is -1.57. The Labute approximate surface area is 77.8 Å². The summed E-state index contributed by atoms with van der Waals surface area (Å²) in [6.07, 6.45) is 4.63. The van der Waals surface area contributed by atoms with E-state index in [2.05, 4.69) is 12.0 Å². The van der Waals surface area contributed by atoms with E-state index in [0.29, 0.717) is 0 Å². The lowest BCUT2D eigenvalue weighted by Gasteiger charge is -1.98. The van der Waals surface area contributed by atoms with Crippen molar-refractivity contribution >= 4 is 0 Å². The Morgan fingerprint density at radius 2 is 2.00 bits per heavy atom. The molecule has 0 aliphatic heterocycles. The molecule has 0 aliphatic rings. The van der Waals surface area contributed by atoms with E-state index in [9.17, 15) is 0 Å². The van der Waals surface area contributed by atoms with E-state index in [0.717, 1.165) is 17.7 Å². The molecular formula is C11H11N2. The second-order valence-electron chi connectivity index (χ2n) is 2.88. The zero-order chi connectivity index (χ0) is 9.10. The van der Waals surface area contributed by atoms with Gasteiger partial charge in [-0.2, -0.15) is 5.10 Å². The molecular weight excluding hydrogens is 160 g/mol. The van der Waals surface area contributed by atoms with Crippen LogP contribution in [0.3, 0.4) is 0 Å². The number of nitrogens with zero attached hydrogens (tertiary/aromatic N) is 2. The minimum atomic E-state index is 0.785. The van der Waals surface area contributed by atoms with Crippen LogP contribution in [0.5, 0.6) is 0 Å². The highest BCUT2D eigenvalue weighted by Crippen LogP contribution is 2.07. The van der Waals surface area contributed by atoms with Crippen LogP contribution in [-0.4, -0.2) is 9.78 Å². The predicted octanol–water partition coefficient (Wildman–Crippen LogP) is 2.25. The molecule has 0 atom stereocenters. The van der Waals surface area contributed by atoms with Crippen LogP contribution in [0.4, 0.5) is 0 Å². The van der Waals surface area contributed by atoms with Crippen molar-refractivity contribution in [1.82, 2.24) is 9.78 Å². The SMILES string of the molecule is [CH2]Cc1cnn(-c2ccccc2)c1. The quantitative estimate of drug-likeness (QED) is 0.677. The monoisotopic (exact) mass is 171 g/mol. The van der Waals surface area contributed by atoms with E-state index in [4.69, 9.17) is 0 Å². The summed E-state index contributed by atoms with van der Waals surface area (Å²) in [5.74, 6) is 0. The van der Waals surface area contributed by atoms with Crippen molar-refractivity contribution in [2.24, 2.45) is 0 Å². The second-order valence-corrected chi connectivity index (χ2v) is 2.88. The molecule has 0 fully saturated rings. The third-order valence-electron chi connectivity index (χ3n) is 1.95. The fraction of sp³-hybridized carbons (Fsp3) is 0.0909. The largest absolute Gasteiger partial charge is 0.241 e. The molecule has 0 aliphatic carbocycles. The van der Waals surface area contributed by atoms with Gasteiger partial charge in [0, 0.05) is 6.20 Å². The molecule has 1 heterocycles. The van der Waals surface area contributed by atoms with Gasteiger partial charge in [0.2, 0.25) is 0 Å². The molecule has 13 heavy (non-hydrogen) atoms. The van der Waals surface area contributed by atoms with Gasteiger partial charge >= 0.3 is 0 Å². The van der Waals surface area contributed by atoms with Crippen LogP contribution in [0.25, 0.3) is 5.69 Å². The van der Waals surface area contributed by atoms with Gasteiger partial charge in [-0.1, -0.05) is 18.2 Å². The number of benzene rings is 1. The van der Waals surface area contributed by atoms with Crippen molar-refractivity contribution < 1.29 is 0 Å². The third kappa shape index (κ3) is 1.61. The summed E-state index contributed by atoms with van der Waals surface area (Å²) in [6.45, 7) is 3.81. The maximum absolute atomic E-state index is 4.23. The Morgan fingerprint density at radius 1 is 1.23 bits per heavy atom. The van der Waals surface area contributed by atoms with E-state index in [-0.39, 0.29) is 0 Å². The van der Waals surface area contributed by atoms with Gasteiger partial charge in [-0.3, -0.25) is 0 Å². The van der Waals surface area contributed by atoms with Gasteiger partial charge in [-0.25, -0.2) is 4.68 Å². The molecule has 2 rings (SSSR count). The fourth-order valence-corrected chi connectivity index (χ4v) is 1.21. The molecule has 0 bridgehead atoms. The minimum Gasteiger partial charge on any atom is -0.241 e. The molecule has 1 aromatic heterocycles. The zero-order valence-corrected chi connectivity index (χ0v) is 7.35. The summed E-state index contributed by atoms with van der Waals surface area (Å²) in [4.78, 5) is 0. The number of hydrogen-bond acceptors (Lipinski definition) is 1. The Kier molecular flexibility index (Phi) is 2.13. The minimum absolute atomic E-state index is 0.785. The van der Waals surface area contributed by atoms with Crippen molar-refractivity contribution in [2.45, 2.75) is 6.42 Å². The zero-order valence-electron chi connectivity index (χ0n) is 7.35. The summed E-state index contributed by atoms with van der Waals surface area (Å²) >= 11 is 0. The maximum atomic E-state index is 4.23. The number of aromatic nitrogens is 2. The fourth-order valence-electron chi connectivity index (χ4n) is 1.21. The van der Waals surface area contributed by atoms with E-state index in [1.165, 1.54) is 0 Å². The van der Waals surface area contributed by atoms with Crippen molar-refractivity contribution in [3.8, 4) is 5.69 Å². The van der Waals surface area contributed by atoms with Gasteiger partial charge < -0.3 is 0 Å². The molecule has 2 nitrogen and oxygen atoms in total. The highest BCUT2D eigenvalue weighted by Gasteiger charge is 1.97. The molecule has 0 saturated carbocycles. The molecule has 0 spiro atoms. The van der Waals surface area contributed by atoms with Crippen LogP contribution in [0.2, 0.25) is 0 Å². The number of hydrogen-bond donors (Lipinski definition) is 0.